The van der Waals surface area contributed by atoms with E-state index in [1.54, 1.807) is 6.08 Å². The maximum Gasteiger partial charge on any atom is 1.00 e. The standard InChI is InChI=1S/C5H8OS.Li/c6-5-1-3-7-4-2-5;/h1,6H,2-4H2;/q;+1/p-1. The molecule has 0 N–H and O–H groups in total. The Morgan fingerprint density at radius 1 is 1.62 bits per heavy atom. The second-order valence-electron chi connectivity index (χ2n) is 1.50. The van der Waals surface area contributed by atoms with Gasteiger partial charge in [-0.05, 0) is 12.2 Å². The van der Waals surface area contributed by atoms with Crippen LogP contribution in [0, 0.1) is 0 Å². The van der Waals surface area contributed by atoms with Crippen molar-refractivity contribution < 1.29 is 24.0 Å². The van der Waals surface area contributed by atoms with Crippen molar-refractivity contribution in [3.05, 3.63) is 11.8 Å². The van der Waals surface area contributed by atoms with Crippen LogP contribution in [0.4, 0.5) is 0 Å². The Balaban J connectivity index is 0.000000490. The monoisotopic (exact) mass is 122 g/mol. The third-order valence-corrected chi connectivity index (χ3v) is 1.82. The molecule has 0 saturated heterocycles. The summed E-state index contributed by atoms with van der Waals surface area (Å²) in [5.74, 6) is 2.27. The molecule has 0 aromatic rings. The van der Waals surface area contributed by atoms with Gasteiger partial charge < -0.3 is 5.11 Å². The van der Waals surface area contributed by atoms with Crippen molar-refractivity contribution in [3.63, 3.8) is 0 Å². The molecule has 1 heterocycles. The van der Waals surface area contributed by atoms with Gasteiger partial charge in [-0.3, -0.25) is 0 Å². The van der Waals surface area contributed by atoms with Crippen LogP contribution in [-0.2, 0) is 0 Å². The van der Waals surface area contributed by atoms with E-state index in [1.165, 1.54) is 0 Å². The first kappa shape index (κ1) is 8.49. The van der Waals surface area contributed by atoms with Gasteiger partial charge >= 0.3 is 18.9 Å². The summed E-state index contributed by atoms with van der Waals surface area (Å²) in [6.07, 6.45) is 2.51. The summed E-state index contributed by atoms with van der Waals surface area (Å²) in [6, 6.07) is 0. The van der Waals surface area contributed by atoms with Crippen LogP contribution in [0.5, 0.6) is 0 Å². The van der Waals surface area contributed by atoms with Gasteiger partial charge in [0.2, 0.25) is 0 Å². The molecule has 0 aliphatic carbocycles. The van der Waals surface area contributed by atoms with Gasteiger partial charge in [0.05, 0.1) is 0 Å². The molecule has 1 aliphatic heterocycles. The van der Waals surface area contributed by atoms with Gasteiger partial charge in [0.1, 0.15) is 0 Å². The Bertz CT molecular complexity index is 92.4. The Morgan fingerprint density at radius 2 is 2.38 bits per heavy atom. The minimum Gasteiger partial charge on any atom is -0.876 e. The van der Waals surface area contributed by atoms with Gasteiger partial charge in [-0.15, -0.1) is 5.76 Å². The molecule has 0 unspecified atom stereocenters. The van der Waals surface area contributed by atoms with E-state index in [0.29, 0.717) is 5.76 Å². The smallest absolute Gasteiger partial charge is 0.876 e. The van der Waals surface area contributed by atoms with Gasteiger partial charge in [-0.1, -0.05) is 6.08 Å². The molecule has 0 radical (unpaired) electrons. The maximum atomic E-state index is 10.4. The molecular formula is C5H7LiOS. The van der Waals surface area contributed by atoms with Crippen molar-refractivity contribution in [2.24, 2.45) is 0 Å². The van der Waals surface area contributed by atoms with Crippen LogP contribution in [0.2, 0.25) is 0 Å². The van der Waals surface area contributed by atoms with Crippen molar-refractivity contribution in [2.75, 3.05) is 11.5 Å². The van der Waals surface area contributed by atoms with Gasteiger partial charge in [-0.2, -0.15) is 11.8 Å². The second-order valence-corrected chi connectivity index (χ2v) is 2.65. The fourth-order valence-corrected chi connectivity index (χ4v) is 1.33. The molecular weight excluding hydrogens is 115 g/mol. The van der Waals surface area contributed by atoms with Crippen LogP contribution in [0.15, 0.2) is 11.8 Å². The zero-order valence-electron chi connectivity index (χ0n) is 5.02. The molecule has 0 aromatic carbocycles. The summed E-state index contributed by atoms with van der Waals surface area (Å²) in [6.45, 7) is 0. The van der Waals surface area contributed by atoms with Gasteiger partial charge in [-0.25, -0.2) is 0 Å². The quantitative estimate of drug-likeness (QED) is 0.328. The Labute approximate surface area is 65.7 Å². The topological polar surface area (TPSA) is 23.1 Å². The average molecular weight is 122 g/mol. The number of rotatable bonds is 0. The van der Waals surface area contributed by atoms with E-state index in [0.717, 1.165) is 17.9 Å². The second kappa shape index (κ2) is 4.37. The zero-order valence-corrected chi connectivity index (χ0v) is 5.83. The Morgan fingerprint density at radius 3 is 2.62 bits per heavy atom. The first-order valence-electron chi connectivity index (χ1n) is 2.33. The largest absolute Gasteiger partial charge is 1.00 e. The molecule has 0 spiro atoms. The molecule has 40 valence electrons. The predicted octanol–water partition coefficient (Wildman–Crippen LogP) is -2.63. The summed E-state index contributed by atoms with van der Waals surface area (Å²) < 4.78 is 0. The summed E-state index contributed by atoms with van der Waals surface area (Å²) in [4.78, 5) is 0. The van der Waals surface area contributed by atoms with Crippen molar-refractivity contribution in [1.82, 2.24) is 0 Å². The van der Waals surface area contributed by atoms with Crippen LogP contribution < -0.4 is 24.0 Å². The number of allylic oxidation sites excluding steroid dienone is 1. The van der Waals surface area contributed by atoms with Crippen LogP contribution in [0.25, 0.3) is 0 Å². The SMILES string of the molecule is [Li+].[O-]C1=CCSCC1. The fraction of sp³-hybridized carbons (Fsp3) is 0.600. The molecule has 8 heavy (non-hydrogen) atoms. The summed E-state index contributed by atoms with van der Waals surface area (Å²) in [5, 5.41) is 10.4. The van der Waals surface area contributed by atoms with E-state index in [1.807, 2.05) is 11.8 Å². The molecule has 0 aromatic heterocycles. The van der Waals surface area contributed by atoms with Crippen LogP contribution in [0.3, 0.4) is 0 Å². The number of thioether (sulfide) groups is 1. The van der Waals surface area contributed by atoms with Crippen molar-refractivity contribution in [3.8, 4) is 0 Å². The molecule has 0 amide bonds. The third-order valence-electron chi connectivity index (χ3n) is 0.922. The molecule has 0 bridgehead atoms. The predicted molar refractivity (Wildman–Crippen MR) is 30.0 cm³/mol. The van der Waals surface area contributed by atoms with Crippen LogP contribution >= 0.6 is 11.8 Å². The minimum absolute atomic E-state index is 0. The van der Waals surface area contributed by atoms with E-state index in [2.05, 4.69) is 0 Å². The molecule has 3 heteroatoms. The van der Waals surface area contributed by atoms with Crippen LogP contribution in [0.1, 0.15) is 6.42 Å². The fourth-order valence-electron chi connectivity index (χ4n) is 0.510. The molecule has 1 rings (SSSR count). The number of hydrogen-bond acceptors (Lipinski definition) is 2. The first-order chi connectivity index (χ1) is 3.39. The van der Waals surface area contributed by atoms with Gasteiger partial charge in [0.15, 0.2) is 0 Å². The Kier molecular flexibility index (Phi) is 4.64. The minimum atomic E-state index is 0. The van der Waals surface area contributed by atoms with Crippen LogP contribution in [-0.4, -0.2) is 11.5 Å². The molecule has 1 aliphatic rings. The summed E-state index contributed by atoms with van der Waals surface area (Å²) in [7, 11) is 0. The average Bonchev–Trinajstić information content (AvgIpc) is 1.69. The summed E-state index contributed by atoms with van der Waals surface area (Å²) >= 11 is 1.82. The molecule has 0 fully saturated rings. The normalized spacial score (nSPS) is 18.8. The molecule has 0 atom stereocenters. The maximum absolute atomic E-state index is 10.4. The first-order valence-corrected chi connectivity index (χ1v) is 3.49. The zero-order chi connectivity index (χ0) is 5.11. The summed E-state index contributed by atoms with van der Waals surface area (Å²) in [5.41, 5.74) is 0. The van der Waals surface area contributed by atoms with Crippen molar-refractivity contribution in [2.45, 2.75) is 6.42 Å². The van der Waals surface area contributed by atoms with E-state index in [-0.39, 0.29) is 18.9 Å². The van der Waals surface area contributed by atoms with E-state index in [9.17, 15) is 5.11 Å². The molecule has 0 saturated carbocycles. The van der Waals surface area contributed by atoms with E-state index < -0.39 is 0 Å². The third kappa shape index (κ3) is 2.71. The van der Waals surface area contributed by atoms with E-state index in [4.69, 9.17) is 0 Å². The van der Waals surface area contributed by atoms with Gasteiger partial charge in [0, 0.05) is 5.75 Å². The van der Waals surface area contributed by atoms with Crippen molar-refractivity contribution >= 4 is 11.8 Å². The van der Waals surface area contributed by atoms with Crippen molar-refractivity contribution in [1.29, 1.82) is 0 Å². The Hall–Kier alpha value is 0.487. The number of hydrogen-bond donors (Lipinski definition) is 0. The van der Waals surface area contributed by atoms with Gasteiger partial charge in [0.25, 0.3) is 0 Å². The molecule has 1 nitrogen and oxygen atoms in total. The van der Waals surface area contributed by atoms with E-state index >= 15 is 0 Å².